The van der Waals surface area contributed by atoms with Crippen LogP contribution in [0.25, 0.3) is 11.1 Å². The van der Waals surface area contributed by atoms with Crippen molar-refractivity contribution in [2.75, 3.05) is 7.11 Å². The minimum absolute atomic E-state index is 0.00710. The van der Waals surface area contributed by atoms with Crippen molar-refractivity contribution in [3.63, 3.8) is 0 Å². The number of phenolic OH excluding ortho intramolecular Hbond substituents is 10. The van der Waals surface area contributed by atoms with Gasteiger partial charge in [-0.1, -0.05) is 0 Å². The summed E-state index contributed by atoms with van der Waals surface area (Å²) in [6.45, 7) is 0. The molecular weight excluding hydrogens is 608 g/mol. The van der Waals surface area contributed by atoms with Crippen molar-refractivity contribution in [2.24, 2.45) is 5.92 Å². The summed E-state index contributed by atoms with van der Waals surface area (Å²) in [6.07, 6.45) is -3.25. The van der Waals surface area contributed by atoms with E-state index in [4.69, 9.17) is 14.2 Å². The van der Waals surface area contributed by atoms with Gasteiger partial charge in [-0.3, -0.25) is 0 Å². The summed E-state index contributed by atoms with van der Waals surface area (Å²) < 4.78 is 17.8. The maximum Gasteiger partial charge on any atom is 0.200 e. The Kier molecular flexibility index (Phi) is 7.16. The molecule has 2 heterocycles. The third-order valence-corrected chi connectivity index (χ3v) is 8.33. The standard InChI is InChI=1S/C32H28O14/c1-44-24-9-15-19(37)4-13(35)6-23(15)46-32(24)17-8-21(39)28(41)30(43)26(17)25-16(7-20(38)27(40)29(25)42)31-11(10-33)2-14-18(36)3-12(34)5-22(14)45-31/h3-8,10-11,24,31-32,34-43H,2,9H2,1H3/t11-,24+,31-,32+/m0/s1. The topological polar surface area (TPSA) is 247 Å². The predicted molar refractivity (Wildman–Crippen MR) is 156 cm³/mol. The molecule has 0 unspecified atom stereocenters. The van der Waals surface area contributed by atoms with E-state index in [2.05, 4.69) is 0 Å². The maximum absolute atomic E-state index is 12.4. The number of aldehydes is 1. The SMILES string of the molecule is CO[C@@H]1Cc2c(O)cc(O)cc2O[C@@H]1c1cc(O)c(O)c(O)c1-c1c([C@H]2Oc3cc(O)cc(O)c3C[C@H]2C=O)cc(O)c(O)c1O. The summed E-state index contributed by atoms with van der Waals surface area (Å²) >= 11 is 0. The van der Waals surface area contributed by atoms with Gasteiger partial charge in [0, 0.05) is 71.2 Å². The van der Waals surface area contributed by atoms with Crippen molar-refractivity contribution in [3.05, 3.63) is 58.7 Å². The van der Waals surface area contributed by atoms with E-state index in [1.54, 1.807) is 0 Å². The minimum Gasteiger partial charge on any atom is -0.508 e. The van der Waals surface area contributed by atoms with Crippen LogP contribution in [0.2, 0.25) is 0 Å². The molecule has 0 radical (unpaired) electrons. The molecule has 0 aromatic heterocycles. The molecule has 0 saturated carbocycles. The molecule has 4 aromatic carbocycles. The summed E-state index contributed by atoms with van der Waals surface area (Å²) in [5.74, 6) is -8.23. The zero-order valence-electron chi connectivity index (χ0n) is 23.9. The van der Waals surface area contributed by atoms with Gasteiger partial charge in [-0.05, 0) is 18.6 Å². The molecule has 0 saturated heterocycles. The fourth-order valence-electron chi connectivity index (χ4n) is 6.13. The summed E-state index contributed by atoms with van der Waals surface area (Å²) in [4.78, 5) is 12.4. The van der Waals surface area contributed by atoms with Crippen LogP contribution in [0.4, 0.5) is 0 Å². The molecule has 2 aliphatic heterocycles. The zero-order valence-corrected chi connectivity index (χ0v) is 23.9. The molecule has 10 N–H and O–H groups in total. The number of benzene rings is 4. The van der Waals surface area contributed by atoms with Gasteiger partial charge in [0.1, 0.15) is 53.0 Å². The molecule has 46 heavy (non-hydrogen) atoms. The van der Waals surface area contributed by atoms with E-state index in [0.29, 0.717) is 6.29 Å². The number of ether oxygens (including phenoxy) is 3. The Balaban J connectivity index is 1.62. The van der Waals surface area contributed by atoms with Crippen molar-refractivity contribution in [1.82, 2.24) is 0 Å². The van der Waals surface area contributed by atoms with Crippen LogP contribution in [0.1, 0.15) is 34.5 Å². The fourth-order valence-corrected chi connectivity index (χ4v) is 6.13. The van der Waals surface area contributed by atoms with Crippen molar-refractivity contribution in [1.29, 1.82) is 0 Å². The van der Waals surface area contributed by atoms with E-state index in [-0.39, 0.29) is 69.6 Å². The number of rotatable bonds is 5. The van der Waals surface area contributed by atoms with Gasteiger partial charge in [0.25, 0.3) is 0 Å². The van der Waals surface area contributed by atoms with Crippen molar-refractivity contribution < 1.29 is 70.1 Å². The van der Waals surface area contributed by atoms with Gasteiger partial charge >= 0.3 is 0 Å². The number of fused-ring (bicyclic) bond motifs is 2. The number of carbonyl (C=O) groups is 1. The van der Waals surface area contributed by atoms with Gasteiger partial charge in [-0.25, -0.2) is 0 Å². The molecule has 2 aliphatic rings. The van der Waals surface area contributed by atoms with E-state index in [0.717, 1.165) is 24.3 Å². The lowest BCUT2D eigenvalue weighted by Gasteiger charge is -2.36. The first-order valence-corrected chi connectivity index (χ1v) is 13.8. The highest BCUT2D eigenvalue weighted by Gasteiger charge is 2.41. The number of hydrogen-bond donors (Lipinski definition) is 10. The molecular formula is C32H28O14. The number of aromatic hydroxyl groups is 10. The maximum atomic E-state index is 12.4. The van der Waals surface area contributed by atoms with Crippen LogP contribution in [0, 0.1) is 5.92 Å². The molecule has 240 valence electrons. The van der Waals surface area contributed by atoms with E-state index in [1.807, 2.05) is 0 Å². The Morgan fingerprint density at radius 2 is 1.07 bits per heavy atom. The lowest BCUT2D eigenvalue weighted by Crippen LogP contribution is -2.32. The Morgan fingerprint density at radius 3 is 1.54 bits per heavy atom. The number of methoxy groups -OCH3 is 1. The Morgan fingerprint density at radius 1 is 0.609 bits per heavy atom. The molecule has 0 spiro atoms. The molecule has 0 amide bonds. The van der Waals surface area contributed by atoms with Gasteiger partial charge in [0.05, 0.1) is 5.92 Å². The van der Waals surface area contributed by atoms with Crippen molar-refractivity contribution in [3.8, 4) is 80.1 Å². The fraction of sp³-hybridized carbons (Fsp3) is 0.219. The average molecular weight is 637 g/mol. The quantitative estimate of drug-likeness (QED) is 0.111. The summed E-state index contributed by atoms with van der Waals surface area (Å²) in [5, 5.41) is 106. The van der Waals surface area contributed by atoms with Crippen LogP contribution < -0.4 is 9.47 Å². The Labute approximate surface area is 259 Å². The predicted octanol–water partition coefficient (Wildman–Crippen LogP) is 3.59. The van der Waals surface area contributed by atoms with Gasteiger partial charge in [-0.15, -0.1) is 0 Å². The van der Waals surface area contributed by atoms with Crippen LogP contribution in [-0.2, 0) is 22.4 Å². The van der Waals surface area contributed by atoms with Gasteiger partial charge in [0.15, 0.2) is 29.1 Å². The smallest absolute Gasteiger partial charge is 0.200 e. The second-order valence-corrected chi connectivity index (χ2v) is 11.1. The largest absolute Gasteiger partial charge is 0.508 e. The normalized spacial score (nSPS) is 20.2. The monoisotopic (exact) mass is 636 g/mol. The van der Waals surface area contributed by atoms with E-state index in [9.17, 15) is 55.9 Å². The third-order valence-electron chi connectivity index (χ3n) is 8.33. The summed E-state index contributed by atoms with van der Waals surface area (Å²) in [5.41, 5.74) is -0.754. The second-order valence-electron chi connectivity index (χ2n) is 11.1. The molecule has 4 aromatic rings. The third kappa shape index (κ3) is 4.66. The highest BCUT2D eigenvalue weighted by atomic mass is 16.5. The molecule has 4 atom stereocenters. The van der Waals surface area contributed by atoms with Gasteiger partial charge in [0.2, 0.25) is 11.5 Å². The lowest BCUT2D eigenvalue weighted by atomic mass is 9.81. The van der Waals surface area contributed by atoms with Crippen LogP contribution >= 0.6 is 0 Å². The minimum atomic E-state index is -1.39. The highest BCUT2D eigenvalue weighted by Crippen LogP contribution is 2.58. The number of hydrogen-bond acceptors (Lipinski definition) is 14. The number of phenols is 10. The first-order valence-electron chi connectivity index (χ1n) is 13.8. The van der Waals surface area contributed by atoms with Crippen LogP contribution in [0.3, 0.4) is 0 Å². The molecule has 14 nitrogen and oxygen atoms in total. The van der Waals surface area contributed by atoms with E-state index >= 15 is 0 Å². The van der Waals surface area contributed by atoms with E-state index in [1.165, 1.54) is 19.2 Å². The Hall–Kier alpha value is -5.89. The van der Waals surface area contributed by atoms with Crippen molar-refractivity contribution >= 4 is 6.29 Å². The van der Waals surface area contributed by atoms with Crippen LogP contribution in [0.5, 0.6) is 69.0 Å². The second kappa shape index (κ2) is 10.9. The van der Waals surface area contributed by atoms with Crippen molar-refractivity contribution in [2.45, 2.75) is 31.2 Å². The zero-order chi connectivity index (χ0) is 33.2. The first kappa shape index (κ1) is 30.1. The molecule has 0 aliphatic carbocycles. The average Bonchev–Trinajstić information content (AvgIpc) is 3.01. The van der Waals surface area contributed by atoms with Crippen LogP contribution in [-0.4, -0.2) is 70.6 Å². The first-order chi connectivity index (χ1) is 21.8. The van der Waals surface area contributed by atoms with Gasteiger partial charge < -0.3 is 70.1 Å². The molecule has 0 bridgehead atoms. The van der Waals surface area contributed by atoms with Gasteiger partial charge in [-0.2, -0.15) is 0 Å². The molecule has 14 heteroatoms. The number of carbonyl (C=O) groups excluding carboxylic acids is 1. The Bertz CT molecular complexity index is 1900. The summed E-state index contributed by atoms with van der Waals surface area (Å²) in [6, 6.07) is 6.54. The van der Waals surface area contributed by atoms with Crippen LogP contribution in [0.15, 0.2) is 36.4 Å². The van der Waals surface area contributed by atoms with E-state index < -0.39 is 69.9 Å². The molecule has 6 rings (SSSR count). The lowest BCUT2D eigenvalue weighted by molar-refractivity contribution is -0.114. The summed E-state index contributed by atoms with van der Waals surface area (Å²) in [7, 11) is 1.32. The highest BCUT2D eigenvalue weighted by molar-refractivity contribution is 5.88. The molecule has 0 fully saturated rings.